The summed E-state index contributed by atoms with van der Waals surface area (Å²) in [5.74, 6) is 0.418. The van der Waals surface area contributed by atoms with Crippen LogP contribution in [0.3, 0.4) is 0 Å². The molecule has 1 amide bonds. The molecule has 3 heterocycles. The summed E-state index contributed by atoms with van der Waals surface area (Å²) < 4.78 is 25.1. The lowest BCUT2D eigenvalue weighted by Crippen LogP contribution is -2.37. The van der Waals surface area contributed by atoms with E-state index in [9.17, 15) is 9.18 Å². The van der Waals surface area contributed by atoms with Gasteiger partial charge in [-0.2, -0.15) is 0 Å². The predicted molar refractivity (Wildman–Crippen MR) is 123 cm³/mol. The first-order valence-electron chi connectivity index (χ1n) is 10.5. The molecular weight excluding hydrogens is 433 g/mol. The van der Waals surface area contributed by atoms with E-state index in [0.717, 1.165) is 36.9 Å². The summed E-state index contributed by atoms with van der Waals surface area (Å²) in [6.07, 6.45) is 3.34. The molecule has 0 saturated carbocycles. The monoisotopic (exact) mass is 459 g/mol. The molecule has 1 saturated heterocycles. The van der Waals surface area contributed by atoms with Crippen molar-refractivity contribution in [1.82, 2.24) is 20.6 Å². The number of aryl methyl sites for hydroxylation is 1. The van der Waals surface area contributed by atoms with E-state index in [-0.39, 0.29) is 17.8 Å². The van der Waals surface area contributed by atoms with Gasteiger partial charge in [0.1, 0.15) is 34.6 Å². The third kappa shape index (κ3) is 4.98. The number of amides is 1. The number of rotatable bonds is 8. The zero-order chi connectivity index (χ0) is 22.5. The van der Waals surface area contributed by atoms with Gasteiger partial charge in [-0.15, -0.1) is 11.3 Å². The van der Waals surface area contributed by atoms with Gasteiger partial charge in [0, 0.05) is 26.3 Å². The van der Waals surface area contributed by atoms with Gasteiger partial charge in [0.15, 0.2) is 0 Å². The van der Waals surface area contributed by atoms with Gasteiger partial charge < -0.3 is 25.4 Å². The van der Waals surface area contributed by atoms with Crippen molar-refractivity contribution in [3.05, 3.63) is 40.8 Å². The zero-order valence-corrected chi connectivity index (χ0v) is 18.9. The number of carbonyl (C=O) groups excluding carboxylic acids is 1. The molecule has 10 heteroatoms. The van der Waals surface area contributed by atoms with Crippen LogP contribution >= 0.6 is 11.3 Å². The van der Waals surface area contributed by atoms with Crippen molar-refractivity contribution in [2.75, 3.05) is 38.7 Å². The van der Waals surface area contributed by atoms with Crippen LogP contribution in [0.2, 0.25) is 0 Å². The molecule has 170 valence electrons. The number of hydrogen-bond donors (Lipinski definition) is 3. The predicted octanol–water partition coefficient (Wildman–Crippen LogP) is 3.39. The van der Waals surface area contributed by atoms with Crippen LogP contribution in [-0.2, 0) is 4.74 Å². The van der Waals surface area contributed by atoms with Gasteiger partial charge in [-0.25, -0.2) is 14.4 Å². The van der Waals surface area contributed by atoms with E-state index in [1.807, 2.05) is 6.92 Å². The second-order valence-corrected chi connectivity index (χ2v) is 8.56. The molecule has 0 spiro atoms. The molecule has 3 aromatic rings. The topological polar surface area (TPSA) is 97.4 Å². The first-order chi connectivity index (χ1) is 15.6. The molecule has 4 rings (SSSR count). The van der Waals surface area contributed by atoms with Crippen LogP contribution in [0, 0.1) is 12.7 Å². The summed E-state index contributed by atoms with van der Waals surface area (Å²) in [7, 11) is 1.59. The van der Waals surface area contributed by atoms with E-state index in [1.54, 1.807) is 13.2 Å². The number of ether oxygens (including phenoxy) is 2. The standard InChI is InChI=1S/C22H26FN5O3S/c1-13-18-20(26-12-27-22(18)32-19(13)21(29)25-8-9-30-2)28-16-6-5-14(23)10-17(16)31-15-4-3-7-24-11-15/h5-6,10,12,15,24H,3-4,7-9,11H2,1-2H3,(H,25,29)(H,26,27,28). The van der Waals surface area contributed by atoms with Crippen LogP contribution in [0.5, 0.6) is 5.75 Å². The lowest BCUT2D eigenvalue weighted by atomic mass is 10.1. The number of thiophene rings is 1. The Labute approximate surface area is 189 Å². The highest BCUT2D eigenvalue weighted by atomic mass is 32.1. The number of hydrogen-bond acceptors (Lipinski definition) is 8. The van der Waals surface area contributed by atoms with Crippen molar-refractivity contribution in [2.24, 2.45) is 0 Å². The molecule has 32 heavy (non-hydrogen) atoms. The molecule has 0 aliphatic carbocycles. The van der Waals surface area contributed by atoms with Crippen LogP contribution in [0.1, 0.15) is 28.1 Å². The minimum Gasteiger partial charge on any atom is -0.487 e. The summed E-state index contributed by atoms with van der Waals surface area (Å²) in [6.45, 7) is 4.41. The molecule has 0 bridgehead atoms. The molecule has 3 N–H and O–H groups in total. The summed E-state index contributed by atoms with van der Waals surface area (Å²) >= 11 is 1.31. The molecule has 1 unspecified atom stereocenters. The fourth-order valence-corrected chi connectivity index (χ4v) is 4.72. The lowest BCUT2D eigenvalue weighted by Gasteiger charge is -2.25. The van der Waals surface area contributed by atoms with Gasteiger partial charge in [0.05, 0.1) is 22.6 Å². The van der Waals surface area contributed by atoms with Crippen LogP contribution < -0.4 is 20.7 Å². The van der Waals surface area contributed by atoms with Gasteiger partial charge >= 0.3 is 0 Å². The van der Waals surface area contributed by atoms with E-state index in [1.165, 1.54) is 29.8 Å². The third-order valence-electron chi connectivity index (χ3n) is 5.27. The van der Waals surface area contributed by atoms with Gasteiger partial charge in [-0.1, -0.05) is 0 Å². The van der Waals surface area contributed by atoms with E-state index >= 15 is 0 Å². The fraction of sp³-hybridized carbons (Fsp3) is 0.409. The SMILES string of the molecule is COCCNC(=O)c1sc2ncnc(Nc3ccc(F)cc3OC3CCCNC3)c2c1C. The number of nitrogens with zero attached hydrogens (tertiary/aromatic N) is 2. The summed E-state index contributed by atoms with van der Waals surface area (Å²) in [4.78, 5) is 22.6. The number of benzene rings is 1. The van der Waals surface area contributed by atoms with Crippen LogP contribution in [0.15, 0.2) is 24.5 Å². The number of aromatic nitrogens is 2. The maximum atomic E-state index is 14.0. The van der Waals surface area contributed by atoms with Crippen molar-refractivity contribution in [2.45, 2.75) is 25.9 Å². The van der Waals surface area contributed by atoms with Crippen molar-refractivity contribution >= 4 is 39.0 Å². The summed E-state index contributed by atoms with van der Waals surface area (Å²) in [6, 6.07) is 4.39. The Balaban J connectivity index is 1.62. The molecule has 1 aromatic carbocycles. The average Bonchev–Trinajstić information content (AvgIpc) is 3.14. The van der Waals surface area contributed by atoms with E-state index in [4.69, 9.17) is 9.47 Å². The number of methoxy groups -OCH3 is 1. The highest BCUT2D eigenvalue weighted by molar-refractivity contribution is 7.20. The van der Waals surface area contributed by atoms with Crippen LogP contribution in [-0.4, -0.2) is 55.3 Å². The quantitative estimate of drug-likeness (QED) is 0.444. The molecule has 8 nitrogen and oxygen atoms in total. The first kappa shape index (κ1) is 22.4. The van der Waals surface area contributed by atoms with E-state index < -0.39 is 0 Å². The van der Waals surface area contributed by atoms with Crippen molar-refractivity contribution in [1.29, 1.82) is 0 Å². The Kier molecular flexibility index (Phi) is 7.13. The molecule has 1 aliphatic heterocycles. The van der Waals surface area contributed by atoms with Gasteiger partial charge in [-0.3, -0.25) is 4.79 Å². The number of fused-ring (bicyclic) bond motifs is 1. The molecule has 1 atom stereocenters. The Morgan fingerprint density at radius 1 is 1.38 bits per heavy atom. The summed E-state index contributed by atoms with van der Waals surface area (Å²) in [5.41, 5.74) is 1.39. The second-order valence-electron chi connectivity index (χ2n) is 7.56. The molecule has 1 fully saturated rings. The minimum absolute atomic E-state index is 0.0261. The van der Waals surface area contributed by atoms with Crippen molar-refractivity contribution < 1.29 is 18.7 Å². The Hall–Kier alpha value is -2.82. The smallest absolute Gasteiger partial charge is 0.261 e. The van der Waals surface area contributed by atoms with Gasteiger partial charge in [0.2, 0.25) is 0 Å². The molecule has 1 aliphatic rings. The number of nitrogens with one attached hydrogen (secondary N) is 3. The Morgan fingerprint density at radius 2 is 2.25 bits per heavy atom. The van der Waals surface area contributed by atoms with Crippen molar-refractivity contribution in [3.63, 3.8) is 0 Å². The first-order valence-corrected chi connectivity index (χ1v) is 11.3. The Bertz CT molecular complexity index is 1100. The van der Waals surface area contributed by atoms with Crippen molar-refractivity contribution in [3.8, 4) is 5.75 Å². The highest BCUT2D eigenvalue weighted by Gasteiger charge is 2.21. The maximum Gasteiger partial charge on any atom is 0.261 e. The fourth-order valence-electron chi connectivity index (χ4n) is 3.65. The van der Waals surface area contributed by atoms with E-state index in [2.05, 4.69) is 25.9 Å². The summed E-state index contributed by atoms with van der Waals surface area (Å²) in [5, 5.41) is 10.2. The number of anilines is 2. The molecular formula is C22H26FN5O3S. The molecule has 2 aromatic heterocycles. The maximum absolute atomic E-state index is 14.0. The normalized spacial score (nSPS) is 16.2. The second kappa shape index (κ2) is 10.2. The molecule has 0 radical (unpaired) electrons. The third-order valence-corrected chi connectivity index (χ3v) is 6.47. The lowest BCUT2D eigenvalue weighted by molar-refractivity contribution is 0.0940. The largest absolute Gasteiger partial charge is 0.487 e. The zero-order valence-electron chi connectivity index (χ0n) is 18.0. The number of piperidine rings is 1. The number of halogens is 1. The number of carbonyl (C=O) groups is 1. The average molecular weight is 460 g/mol. The van der Waals surface area contributed by atoms with E-state index in [0.29, 0.717) is 40.1 Å². The minimum atomic E-state index is -0.371. The highest BCUT2D eigenvalue weighted by Crippen LogP contribution is 2.36. The van der Waals surface area contributed by atoms with Gasteiger partial charge in [0.25, 0.3) is 5.91 Å². The van der Waals surface area contributed by atoms with Gasteiger partial charge in [-0.05, 0) is 44.0 Å². The van der Waals surface area contributed by atoms with Crippen LogP contribution in [0.25, 0.3) is 10.2 Å². The van der Waals surface area contributed by atoms with Crippen LogP contribution in [0.4, 0.5) is 15.9 Å². The Morgan fingerprint density at radius 3 is 3.03 bits per heavy atom.